The lowest BCUT2D eigenvalue weighted by Crippen LogP contribution is -2.57. The highest BCUT2D eigenvalue weighted by Gasteiger charge is 2.56. The van der Waals surface area contributed by atoms with E-state index in [1.807, 2.05) is 99.6 Å². The van der Waals surface area contributed by atoms with E-state index in [2.05, 4.69) is 26.7 Å². The molecule has 0 radical (unpaired) electrons. The fraction of sp³-hybridized carbons (Fsp3) is 0.432. The first-order valence-corrected chi connectivity index (χ1v) is 17.0. The van der Waals surface area contributed by atoms with Crippen molar-refractivity contribution >= 4 is 33.8 Å². The van der Waals surface area contributed by atoms with Gasteiger partial charge in [-0.05, 0) is 52.6 Å². The van der Waals surface area contributed by atoms with Gasteiger partial charge in [-0.1, -0.05) is 103 Å². The first-order chi connectivity index (χ1) is 22.8. The molecule has 0 bridgehead atoms. The largest absolute Gasteiger partial charge is 0.453 e. The first kappa shape index (κ1) is 35.5. The molecule has 1 aliphatic carbocycles. The van der Waals surface area contributed by atoms with E-state index in [4.69, 9.17) is 4.74 Å². The van der Waals surface area contributed by atoms with E-state index in [1.165, 1.54) is 7.11 Å². The molecular formula is C37H45BrN4O6. The lowest BCUT2D eigenvalue weighted by atomic mass is 9.75. The zero-order valence-corrected chi connectivity index (χ0v) is 29.4. The Morgan fingerprint density at radius 1 is 1.02 bits per heavy atom. The van der Waals surface area contributed by atoms with Crippen LogP contribution in [0.3, 0.4) is 0 Å². The number of β-amino-alcohol motifs (C(OH)–C–C–N with tert-alkyl or cyclic N) is 1. The maximum Gasteiger partial charge on any atom is 0.407 e. The van der Waals surface area contributed by atoms with E-state index in [0.29, 0.717) is 13.0 Å². The maximum atomic E-state index is 14.7. The van der Waals surface area contributed by atoms with Gasteiger partial charge in [-0.15, -0.1) is 0 Å². The number of likely N-dealkylation sites (tertiary alicyclic amines) is 1. The van der Waals surface area contributed by atoms with E-state index in [9.17, 15) is 24.6 Å². The quantitative estimate of drug-likeness (QED) is 0.214. The van der Waals surface area contributed by atoms with Crippen LogP contribution < -0.4 is 10.7 Å². The van der Waals surface area contributed by atoms with Crippen molar-refractivity contribution in [2.75, 3.05) is 20.2 Å². The summed E-state index contributed by atoms with van der Waals surface area (Å²) in [6, 6.07) is 23.6. The third-order valence-electron chi connectivity index (χ3n) is 9.52. The monoisotopic (exact) mass is 720 g/mol. The van der Waals surface area contributed by atoms with Crippen molar-refractivity contribution in [1.82, 2.24) is 20.7 Å². The fourth-order valence-electron chi connectivity index (χ4n) is 6.95. The number of halogens is 1. The van der Waals surface area contributed by atoms with Gasteiger partial charge in [0.05, 0.1) is 30.8 Å². The van der Waals surface area contributed by atoms with Crippen LogP contribution in [-0.2, 0) is 33.7 Å². The normalized spacial score (nSPS) is 22.8. The summed E-state index contributed by atoms with van der Waals surface area (Å²) in [6.45, 7) is 6.13. The highest BCUT2D eigenvalue weighted by Crippen LogP contribution is 2.46. The minimum atomic E-state index is -1.23. The Morgan fingerprint density at radius 2 is 1.69 bits per heavy atom. The minimum absolute atomic E-state index is 0.0793. The summed E-state index contributed by atoms with van der Waals surface area (Å²) in [4.78, 5) is 42.3. The van der Waals surface area contributed by atoms with Crippen molar-refractivity contribution in [3.05, 3.63) is 106 Å². The molecule has 3 aromatic carbocycles. The van der Waals surface area contributed by atoms with Gasteiger partial charge < -0.3 is 25.2 Å². The molecule has 5 rings (SSSR count). The second-order valence-corrected chi connectivity index (χ2v) is 14.8. The van der Waals surface area contributed by atoms with Gasteiger partial charge in [-0.3, -0.25) is 15.0 Å². The molecule has 1 saturated heterocycles. The van der Waals surface area contributed by atoms with Crippen molar-refractivity contribution in [2.24, 2.45) is 10.8 Å². The SMILES string of the molecule is COC(=O)N[C@H](C(=O)NN(CC[C@]1(Cc2ccccc2)C(=O)N(C2c3ccccc3C[C@H]2O)C[C@H]1O)Cc1ccc(Br)cc1)C(C)(C)C. The number of fused-ring (bicyclic) bond motifs is 1. The van der Waals surface area contributed by atoms with Gasteiger partial charge in [-0.2, -0.15) is 0 Å². The summed E-state index contributed by atoms with van der Waals surface area (Å²) in [7, 11) is 1.25. The van der Waals surface area contributed by atoms with Crippen molar-refractivity contribution in [1.29, 1.82) is 0 Å². The molecule has 1 fully saturated rings. The third-order valence-corrected chi connectivity index (χ3v) is 10.0. The van der Waals surface area contributed by atoms with E-state index in [-0.39, 0.29) is 31.8 Å². The average molecular weight is 722 g/mol. The number of nitrogens with zero attached hydrogens (tertiary/aromatic N) is 2. The molecular weight excluding hydrogens is 676 g/mol. The standard InChI is InChI=1S/C37H45BrN4O6/c1-36(2,3)32(39-35(47)48-4)33(45)40-41(22-25-14-16-27(38)17-15-25)19-18-37(21-24-10-6-5-7-11-24)30(44)23-42(34(37)46)31-28-13-9-8-12-26(28)20-29(31)43/h5-17,29-32,43-44H,18-23H2,1-4H3,(H,39,47)(H,40,45)/t29-,30-,31?,32-,37-/m1/s1. The van der Waals surface area contributed by atoms with Gasteiger partial charge in [-0.25, -0.2) is 9.80 Å². The lowest BCUT2D eigenvalue weighted by molar-refractivity contribution is -0.142. The Labute approximate surface area is 290 Å². The number of hydrazine groups is 1. The van der Waals surface area contributed by atoms with Gasteiger partial charge in [0, 0.05) is 30.5 Å². The van der Waals surface area contributed by atoms with E-state index in [1.54, 1.807) is 9.91 Å². The number of aliphatic hydroxyl groups excluding tert-OH is 2. The molecule has 256 valence electrons. The Morgan fingerprint density at radius 3 is 2.35 bits per heavy atom. The highest BCUT2D eigenvalue weighted by molar-refractivity contribution is 9.10. The third kappa shape index (κ3) is 7.75. The van der Waals surface area contributed by atoms with Crippen LogP contribution in [0.15, 0.2) is 83.3 Å². The van der Waals surface area contributed by atoms with Crippen LogP contribution in [0.4, 0.5) is 4.79 Å². The number of benzene rings is 3. The van der Waals surface area contributed by atoms with Crippen LogP contribution in [0, 0.1) is 10.8 Å². The molecule has 1 unspecified atom stereocenters. The summed E-state index contributed by atoms with van der Waals surface area (Å²) in [5, 5.41) is 27.4. The smallest absolute Gasteiger partial charge is 0.407 e. The molecule has 0 aromatic heterocycles. The Hall–Kier alpha value is -3.77. The second-order valence-electron chi connectivity index (χ2n) is 13.9. The van der Waals surface area contributed by atoms with E-state index < -0.39 is 47.1 Å². The number of rotatable bonds is 11. The number of alkyl carbamates (subject to hydrolysis) is 1. The minimum Gasteiger partial charge on any atom is -0.453 e. The van der Waals surface area contributed by atoms with Crippen LogP contribution in [0.25, 0.3) is 0 Å². The molecule has 5 atom stereocenters. The zero-order valence-electron chi connectivity index (χ0n) is 27.9. The second kappa shape index (κ2) is 14.8. The molecule has 11 heteroatoms. The van der Waals surface area contributed by atoms with Gasteiger partial charge in [0.25, 0.3) is 5.91 Å². The molecule has 3 amide bonds. The van der Waals surface area contributed by atoms with Crippen molar-refractivity contribution in [3.63, 3.8) is 0 Å². The number of hydrogen-bond donors (Lipinski definition) is 4. The molecule has 1 heterocycles. The molecule has 10 nitrogen and oxygen atoms in total. The maximum absolute atomic E-state index is 14.7. The summed E-state index contributed by atoms with van der Waals surface area (Å²) < 4.78 is 5.70. The number of carbonyl (C=O) groups excluding carboxylic acids is 3. The highest BCUT2D eigenvalue weighted by atomic mass is 79.9. The van der Waals surface area contributed by atoms with Crippen molar-refractivity contribution < 1.29 is 29.3 Å². The number of aliphatic hydroxyl groups is 2. The lowest BCUT2D eigenvalue weighted by Gasteiger charge is -2.36. The molecule has 4 N–H and O–H groups in total. The molecule has 2 aliphatic rings. The van der Waals surface area contributed by atoms with Gasteiger partial charge in [0.15, 0.2) is 0 Å². The fourth-order valence-corrected chi connectivity index (χ4v) is 7.21. The van der Waals surface area contributed by atoms with Gasteiger partial charge in [0.2, 0.25) is 5.91 Å². The summed E-state index contributed by atoms with van der Waals surface area (Å²) >= 11 is 3.47. The van der Waals surface area contributed by atoms with Crippen LogP contribution >= 0.6 is 15.9 Å². The number of hydrogen-bond acceptors (Lipinski definition) is 7. The summed E-state index contributed by atoms with van der Waals surface area (Å²) in [6.07, 6.45) is -1.60. The Kier molecular flexibility index (Phi) is 10.9. The van der Waals surface area contributed by atoms with Crippen molar-refractivity contribution in [3.8, 4) is 0 Å². The Balaban J connectivity index is 1.46. The Bertz CT molecular complexity index is 1600. The molecule has 0 spiro atoms. The van der Waals surface area contributed by atoms with Gasteiger partial charge in [0.1, 0.15) is 6.04 Å². The molecule has 48 heavy (non-hydrogen) atoms. The van der Waals surface area contributed by atoms with Crippen LogP contribution in [0.5, 0.6) is 0 Å². The number of nitrogens with one attached hydrogen (secondary N) is 2. The first-order valence-electron chi connectivity index (χ1n) is 16.3. The van der Waals surface area contributed by atoms with E-state index in [0.717, 1.165) is 26.7 Å². The predicted molar refractivity (Wildman–Crippen MR) is 185 cm³/mol. The van der Waals surface area contributed by atoms with Gasteiger partial charge >= 0.3 is 6.09 Å². The van der Waals surface area contributed by atoms with E-state index >= 15 is 0 Å². The number of carbonyl (C=O) groups is 3. The van der Waals surface area contributed by atoms with Crippen molar-refractivity contribution in [2.45, 2.75) is 70.9 Å². The molecule has 3 aromatic rings. The number of ether oxygens (including phenoxy) is 1. The molecule has 1 aliphatic heterocycles. The average Bonchev–Trinajstić information content (AvgIpc) is 3.50. The van der Waals surface area contributed by atoms with Crippen LogP contribution in [0.1, 0.15) is 55.5 Å². The van der Waals surface area contributed by atoms with Crippen LogP contribution in [0.2, 0.25) is 0 Å². The topological polar surface area (TPSA) is 131 Å². The molecule has 0 saturated carbocycles. The predicted octanol–water partition coefficient (Wildman–Crippen LogP) is 4.53. The number of methoxy groups -OCH3 is 1. The number of amides is 3. The van der Waals surface area contributed by atoms with Crippen LogP contribution in [-0.4, -0.2) is 76.5 Å². The summed E-state index contributed by atoms with van der Waals surface area (Å²) in [5.41, 5.74) is 4.84. The summed E-state index contributed by atoms with van der Waals surface area (Å²) in [5.74, 6) is -0.665. The zero-order chi connectivity index (χ0) is 34.6.